The maximum Gasteiger partial charge on any atom is 0.331 e. The van der Waals surface area contributed by atoms with E-state index in [0.717, 1.165) is 44.1 Å². The zero-order valence-electron chi connectivity index (χ0n) is 32.9. The predicted octanol–water partition coefficient (Wildman–Crippen LogP) is 2.22. The third kappa shape index (κ3) is 6.95. The average molecular weight is 781 g/mol. The molecule has 4 aliphatic heterocycles. The van der Waals surface area contributed by atoms with Gasteiger partial charge in [-0.25, -0.2) is 4.79 Å². The summed E-state index contributed by atoms with van der Waals surface area (Å²) in [4.78, 5) is 11.9. The molecule has 312 valence electrons. The van der Waals surface area contributed by atoms with Crippen molar-refractivity contribution in [2.45, 2.75) is 197 Å². The second kappa shape index (κ2) is 15.1. The highest BCUT2D eigenvalue weighted by Gasteiger charge is 2.71. The van der Waals surface area contributed by atoms with E-state index in [1.807, 2.05) is 13.8 Å². The van der Waals surface area contributed by atoms with Gasteiger partial charge in [0.1, 0.15) is 24.9 Å². The number of aliphatic hydroxyl groups excluding tert-OH is 5. The van der Waals surface area contributed by atoms with Gasteiger partial charge >= 0.3 is 5.97 Å². The van der Waals surface area contributed by atoms with Gasteiger partial charge in [0.05, 0.1) is 54.4 Å². The molecule has 0 unspecified atom stereocenters. The molecule has 14 heteroatoms. The van der Waals surface area contributed by atoms with Crippen LogP contribution in [0.5, 0.6) is 0 Å². The summed E-state index contributed by atoms with van der Waals surface area (Å²) in [5, 5.41) is 66.9. The number of aliphatic hydroxyl groups is 6. The van der Waals surface area contributed by atoms with Crippen LogP contribution >= 0.6 is 0 Å². The molecule has 6 N–H and O–H groups in total. The molecule has 0 aromatic carbocycles. The van der Waals surface area contributed by atoms with E-state index in [-0.39, 0.29) is 61.1 Å². The summed E-state index contributed by atoms with van der Waals surface area (Å²) in [6.07, 6.45) is -1.51. The van der Waals surface area contributed by atoms with E-state index in [2.05, 4.69) is 6.92 Å². The molecule has 0 aromatic heterocycles. The van der Waals surface area contributed by atoms with E-state index in [4.69, 9.17) is 33.2 Å². The van der Waals surface area contributed by atoms with E-state index in [0.29, 0.717) is 18.8 Å². The van der Waals surface area contributed by atoms with Crippen LogP contribution in [0.3, 0.4) is 0 Å². The fourth-order valence-corrected chi connectivity index (χ4v) is 12.8. The number of hydrogen-bond donors (Lipinski definition) is 6. The van der Waals surface area contributed by atoms with Crippen LogP contribution in [0.4, 0.5) is 0 Å². The standard InChI is InChI=1S/C41H64O14/c1-19-36(47)28(42)15-34(50-19)54-38-21(3)52-35(17-30(38)44)55-37-20(2)51-33(16-29(37)43)53-24-8-10-39(4)23(13-24)6-7-26-27(39)14-31(45)40(5)25(9-11-41(26,40)48)22-12-32(46)49-18-22/h12,19-21,23-31,33-38,42-45,47-48H,6-11,13-18H2,1-5H3/t19-,20+,21-,23-,24+,25+,26-,27-,28+,29+,30+,31-,33+,34+,35+,36-,37-,38-,39+,40+,41+/m1/s1. The van der Waals surface area contributed by atoms with Gasteiger partial charge in [0, 0.05) is 30.8 Å². The van der Waals surface area contributed by atoms with E-state index in [1.54, 1.807) is 19.9 Å². The smallest absolute Gasteiger partial charge is 0.331 e. The SMILES string of the molecule is C[C@@H]1O[C@@H](O[C@H]2CC[C@@]3(C)[C@H](CC[C@@H]4[C@H]3C[C@@H](O)[C@]3(C)[C@H](C5=CC(=O)OC5)CC[C@]43O)C2)C[C@H](O)[C@@H]1O[C@H]1C[C@H](O)[C@H](O[C@H]2C[C@H](O)[C@H](O)[C@@H](C)O2)[C@@H](C)O1. The topological polar surface area (TPSA) is 203 Å². The minimum absolute atomic E-state index is 0.0452. The first-order chi connectivity index (χ1) is 26.0. The van der Waals surface area contributed by atoms with Gasteiger partial charge in [0.25, 0.3) is 0 Å². The number of carbonyl (C=O) groups excluding carboxylic acids is 1. The molecule has 0 bridgehead atoms. The lowest BCUT2D eigenvalue weighted by atomic mass is 9.42. The highest BCUT2D eigenvalue weighted by molar-refractivity contribution is 5.85. The molecular formula is C41H64O14. The Labute approximate surface area is 323 Å². The van der Waals surface area contributed by atoms with Crippen molar-refractivity contribution in [2.75, 3.05) is 6.61 Å². The van der Waals surface area contributed by atoms with Gasteiger partial charge in [0.15, 0.2) is 18.9 Å². The largest absolute Gasteiger partial charge is 0.458 e. The zero-order chi connectivity index (χ0) is 39.2. The lowest BCUT2D eigenvalue weighted by Crippen LogP contribution is -2.67. The second-order valence-electron chi connectivity index (χ2n) is 18.8. The first kappa shape index (κ1) is 40.5. The average Bonchev–Trinajstić information content (AvgIpc) is 3.67. The lowest BCUT2D eigenvalue weighted by molar-refractivity contribution is -0.336. The molecule has 0 aromatic rings. The van der Waals surface area contributed by atoms with E-state index < -0.39 is 90.9 Å². The Kier molecular flexibility index (Phi) is 11.1. The highest BCUT2D eigenvalue weighted by atomic mass is 16.7. The number of rotatable bonds is 7. The van der Waals surface area contributed by atoms with Crippen molar-refractivity contribution in [3.05, 3.63) is 11.6 Å². The van der Waals surface area contributed by atoms with Gasteiger partial charge in [-0.2, -0.15) is 0 Å². The minimum atomic E-state index is -1.01. The molecule has 0 spiro atoms. The van der Waals surface area contributed by atoms with Crippen molar-refractivity contribution in [3.63, 3.8) is 0 Å². The molecule has 4 saturated carbocycles. The van der Waals surface area contributed by atoms with Crippen molar-refractivity contribution in [1.82, 2.24) is 0 Å². The third-order valence-electron chi connectivity index (χ3n) is 16.0. The number of carbonyl (C=O) groups is 1. The molecule has 21 atom stereocenters. The van der Waals surface area contributed by atoms with Crippen molar-refractivity contribution in [3.8, 4) is 0 Å². The third-order valence-corrected chi connectivity index (χ3v) is 16.0. The first-order valence-electron chi connectivity index (χ1n) is 20.9. The number of cyclic esters (lactones) is 1. The molecule has 0 radical (unpaired) electrons. The second-order valence-corrected chi connectivity index (χ2v) is 18.8. The van der Waals surface area contributed by atoms with Crippen LogP contribution in [0.25, 0.3) is 0 Å². The number of hydrogen-bond acceptors (Lipinski definition) is 14. The normalized spacial score (nSPS) is 55.5. The Bertz CT molecular complexity index is 1410. The van der Waals surface area contributed by atoms with Gasteiger partial charge in [0.2, 0.25) is 0 Å². The van der Waals surface area contributed by atoms with Crippen molar-refractivity contribution >= 4 is 5.97 Å². The highest BCUT2D eigenvalue weighted by Crippen LogP contribution is 2.70. The summed E-state index contributed by atoms with van der Waals surface area (Å²) in [7, 11) is 0. The molecule has 3 saturated heterocycles. The van der Waals surface area contributed by atoms with Gasteiger partial charge in [-0.05, 0) is 107 Å². The first-order valence-corrected chi connectivity index (χ1v) is 20.9. The molecule has 55 heavy (non-hydrogen) atoms. The molecule has 7 fully saturated rings. The maximum atomic E-state index is 12.6. The van der Waals surface area contributed by atoms with Gasteiger partial charge in [-0.15, -0.1) is 0 Å². The van der Waals surface area contributed by atoms with Gasteiger partial charge in [-0.3, -0.25) is 0 Å². The predicted molar refractivity (Wildman–Crippen MR) is 193 cm³/mol. The monoisotopic (exact) mass is 780 g/mol. The summed E-state index contributed by atoms with van der Waals surface area (Å²) in [5.41, 5.74) is -0.892. The van der Waals surface area contributed by atoms with Crippen LogP contribution < -0.4 is 0 Å². The molecule has 8 aliphatic rings. The molecule has 8 rings (SSSR count). The summed E-state index contributed by atoms with van der Waals surface area (Å²) < 4.78 is 42.1. The Morgan fingerprint density at radius 3 is 1.87 bits per heavy atom. The molecule has 14 nitrogen and oxygen atoms in total. The summed E-state index contributed by atoms with van der Waals surface area (Å²) in [6.45, 7) is 9.90. The Morgan fingerprint density at radius 1 is 0.691 bits per heavy atom. The molecule has 4 aliphatic carbocycles. The zero-order valence-corrected chi connectivity index (χ0v) is 32.9. The summed E-state index contributed by atoms with van der Waals surface area (Å²) >= 11 is 0. The van der Waals surface area contributed by atoms with Crippen LogP contribution in [0.2, 0.25) is 0 Å². The molecule has 4 heterocycles. The van der Waals surface area contributed by atoms with Crippen LogP contribution in [0, 0.1) is 34.5 Å². The lowest BCUT2D eigenvalue weighted by Gasteiger charge is -2.65. The number of ether oxygens (including phenoxy) is 7. The number of esters is 1. The van der Waals surface area contributed by atoms with Gasteiger partial charge < -0.3 is 63.8 Å². The van der Waals surface area contributed by atoms with Crippen LogP contribution in [-0.2, 0) is 38.0 Å². The van der Waals surface area contributed by atoms with Crippen LogP contribution in [0.1, 0.15) is 105 Å². The summed E-state index contributed by atoms with van der Waals surface area (Å²) in [6, 6.07) is 0. The van der Waals surface area contributed by atoms with Crippen molar-refractivity contribution in [2.24, 2.45) is 34.5 Å². The van der Waals surface area contributed by atoms with Crippen molar-refractivity contribution < 1.29 is 68.6 Å². The number of fused-ring (bicyclic) bond motifs is 5. The molecule has 0 amide bonds. The van der Waals surface area contributed by atoms with Crippen molar-refractivity contribution in [1.29, 1.82) is 0 Å². The quantitative estimate of drug-likeness (QED) is 0.162. The fraction of sp³-hybridized carbons (Fsp3) is 0.927. The maximum absolute atomic E-state index is 12.6. The summed E-state index contributed by atoms with van der Waals surface area (Å²) in [5.74, 6) is 0.204. The van der Waals surface area contributed by atoms with E-state index in [1.165, 1.54) is 0 Å². The van der Waals surface area contributed by atoms with Crippen LogP contribution in [0.15, 0.2) is 11.6 Å². The minimum Gasteiger partial charge on any atom is -0.458 e. The Morgan fingerprint density at radius 2 is 1.29 bits per heavy atom. The Hall–Kier alpha value is -1.27. The fourth-order valence-electron chi connectivity index (χ4n) is 12.8. The van der Waals surface area contributed by atoms with E-state index in [9.17, 15) is 35.4 Å². The van der Waals surface area contributed by atoms with Gasteiger partial charge in [-0.1, -0.05) is 13.8 Å². The molecular weight excluding hydrogens is 716 g/mol. The Balaban J connectivity index is 0.837. The van der Waals surface area contributed by atoms with Crippen LogP contribution in [-0.4, -0.2) is 135 Å². The van der Waals surface area contributed by atoms with E-state index >= 15 is 0 Å².